The summed E-state index contributed by atoms with van der Waals surface area (Å²) in [4.78, 5) is 2.55. The Bertz CT molecular complexity index is 227. The van der Waals surface area contributed by atoms with Crippen LogP contribution in [0.15, 0.2) is 0 Å². The fourth-order valence-corrected chi connectivity index (χ4v) is 2.16. The highest BCUT2D eigenvalue weighted by Gasteiger charge is 2.29. The number of hydrogen-bond acceptors (Lipinski definition) is 3. The van der Waals surface area contributed by atoms with E-state index in [1.54, 1.807) is 0 Å². The van der Waals surface area contributed by atoms with Crippen molar-refractivity contribution in [2.24, 2.45) is 0 Å². The standard InChI is InChI=1S/C14H30N2O/c1-13(2,3)16-9-7-12(11-16)15-8-10-17-14(4,5)6/h12,15H,7-11H2,1-6H3/t12-/m0/s1. The van der Waals surface area contributed by atoms with E-state index in [0.717, 1.165) is 13.2 Å². The van der Waals surface area contributed by atoms with Gasteiger partial charge in [-0.15, -0.1) is 0 Å². The first-order valence-corrected chi connectivity index (χ1v) is 6.81. The third-order valence-electron chi connectivity index (χ3n) is 3.21. The zero-order valence-corrected chi connectivity index (χ0v) is 12.5. The van der Waals surface area contributed by atoms with Crippen LogP contribution in [-0.2, 0) is 4.74 Å². The van der Waals surface area contributed by atoms with Crippen LogP contribution < -0.4 is 5.32 Å². The van der Waals surface area contributed by atoms with Crippen molar-refractivity contribution in [2.75, 3.05) is 26.2 Å². The lowest BCUT2D eigenvalue weighted by atomic mass is 10.1. The van der Waals surface area contributed by atoms with Gasteiger partial charge in [0.05, 0.1) is 12.2 Å². The molecule has 102 valence electrons. The highest BCUT2D eigenvalue weighted by atomic mass is 16.5. The number of ether oxygens (including phenoxy) is 1. The predicted octanol–water partition coefficient (Wildman–Crippen LogP) is 2.26. The Morgan fingerprint density at radius 3 is 2.29 bits per heavy atom. The molecule has 1 rings (SSSR count). The van der Waals surface area contributed by atoms with Gasteiger partial charge >= 0.3 is 0 Å². The van der Waals surface area contributed by atoms with Crippen LogP contribution in [0.25, 0.3) is 0 Å². The molecule has 3 nitrogen and oxygen atoms in total. The number of likely N-dealkylation sites (tertiary alicyclic amines) is 1. The zero-order chi connectivity index (χ0) is 13.1. The summed E-state index contributed by atoms with van der Waals surface area (Å²) in [5, 5.41) is 3.59. The third-order valence-corrected chi connectivity index (χ3v) is 3.21. The second-order valence-electron chi connectivity index (χ2n) is 7.02. The molecule has 0 bridgehead atoms. The summed E-state index contributed by atoms with van der Waals surface area (Å²) in [6.45, 7) is 17.3. The monoisotopic (exact) mass is 242 g/mol. The molecule has 0 spiro atoms. The van der Waals surface area contributed by atoms with E-state index in [4.69, 9.17) is 4.74 Å². The molecular weight excluding hydrogens is 212 g/mol. The molecule has 1 atom stereocenters. The molecule has 1 heterocycles. The smallest absolute Gasteiger partial charge is 0.0599 e. The predicted molar refractivity (Wildman–Crippen MR) is 73.4 cm³/mol. The second kappa shape index (κ2) is 5.68. The molecular formula is C14H30N2O. The van der Waals surface area contributed by atoms with Crippen molar-refractivity contribution in [1.29, 1.82) is 0 Å². The topological polar surface area (TPSA) is 24.5 Å². The molecule has 3 heteroatoms. The molecule has 0 aliphatic carbocycles. The summed E-state index contributed by atoms with van der Waals surface area (Å²) < 4.78 is 5.71. The summed E-state index contributed by atoms with van der Waals surface area (Å²) in [6, 6.07) is 0.637. The van der Waals surface area contributed by atoms with Crippen molar-refractivity contribution < 1.29 is 4.74 Å². The van der Waals surface area contributed by atoms with Crippen molar-refractivity contribution in [1.82, 2.24) is 10.2 Å². The number of rotatable bonds is 4. The van der Waals surface area contributed by atoms with Crippen LogP contribution >= 0.6 is 0 Å². The molecule has 0 saturated carbocycles. The van der Waals surface area contributed by atoms with Gasteiger partial charge in [0.25, 0.3) is 0 Å². The molecule has 0 aromatic heterocycles. The average Bonchev–Trinajstić information content (AvgIpc) is 2.58. The molecule has 1 fully saturated rings. The second-order valence-corrected chi connectivity index (χ2v) is 7.02. The minimum absolute atomic E-state index is 0.0190. The Balaban J connectivity index is 2.15. The van der Waals surface area contributed by atoms with Crippen LogP contribution in [-0.4, -0.2) is 48.3 Å². The Hall–Kier alpha value is -0.120. The normalized spacial score (nSPS) is 23.3. The van der Waals surface area contributed by atoms with Crippen molar-refractivity contribution in [3.8, 4) is 0 Å². The molecule has 1 aliphatic heterocycles. The van der Waals surface area contributed by atoms with Gasteiger partial charge in [0.15, 0.2) is 0 Å². The van der Waals surface area contributed by atoms with Crippen molar-refractivity contribution in [3.05, 3.63) is 0 Å². The van der Waals surface area contributed by atoms with Gasteiger partial charge in [-0.3, -0.25) is 4.90 Å². The molecule has 17 heavy (non-hydrogen) atoms. The SMILES string of the molecule is CC(C)(C)OCCN[C@H]1CCN(C(C)(C)C)C1. The first-order valence-electron chi connectivity index (χ1n) is 6.81. The van der Waals surface area contributed by atoms with Crippen LogP contribution in [0.1, 0.15) is 48.0 Å². The Morgan fingerprint density at radius 1 is 1.18 bits per heavy atom. The van der Waals surface area contributed by atoms with Gasteiger partial charge in [-0.05, 0) is 48.0 Å². The van der Waals surface area contributed by atoms with Crippen LogP contribution in [0.2, 0.25) is 0 Å². The minimum Gasteiger partial charge on any atom is -0.375 e. The zero-order valence-electron chi connectivity index (χ0n) is 12.5. The number of nitrogens with one attached hydrogen (secondary N) is 1. The molecule has 0 unspecified atom stereocenters. The van der Waals surface area contributed by atoms with Crippen LogP contribution in [0.4, 0.5) is 0 Å². The van der Waals surface area contributed by atoms with E-state index in [1.807, 2.05) is 0 Å². The molecule has 1 saturated heterocycles. The molecule has 0 aromatic carbocycles. The van der Waals surface area contributed by atoms with E-state index in [2.05, 4.69) is 51.8 Å². The lowest BCUT2D eigenvalue weighted by Crippen LogP contribution is -2.42. The molecule has 1 N–H and O–H groups in total. The highest BCUT2D eigenvalue weighted by Crippen LogP contribution is 2.20. The van der Waals surface area contributed by atoms with Gasteiger partial charge in [-0.1, -0.05) is 0 Å². The van der Waals surface area contributed by atoms with Gasteiger partial charge in [0.2, 0.25) is 0 Å². The molecule has 0 radical (unpaired) electrons. The van der Waals surface area contributed by atoms with Gasteiger partial charge in [-0.2, -0.15) is 0 Å². The maximum absolute atomic E-state index is 5.71. The molecule has 1 aliphatic rings. The molecule has 0 amide bonds. The summed E-state index contributed by atoms with van der Waals surface area (Å²) in [5.74, 6) is 0. The van der Waals surface area contributed by atoms with E-state index >= 15 is 0 Å². The van der Waals surface area contributed by atoms with E-state index in [9.17, 15) is 0 Å². The lowest BCUT2D eigenvalue weighted by Gasteiger charge is -2.31. The Kier molecular flexibility index (Phi) is 4.99. The highest BCUT2D eigenvalue weighted by molar-refractivity contribution is 4.87. The van der Waals surface area contributed by atoms with Crippen molar-refractivity contribution in [3.63, 3.8) is 0 Å². The van der Waals surface area contributed by atoms with Crippen molar-refractivity contribution in [2.45, 2.75) is 65.1 Å². The van der Waals surface area contributed by atoms with Gasteiger partial charge in [0, 0.05) is 31.2 Å². The van der Waals surface area contributed by atoms with E-state index in [0.29, 0.717) is 11.6 Å². The third kappa shape index (κ3) is 5.84. The summed E-state index contributed by atoms with van der Waals surface area (Å²) in [6.07, 6.45) is 1.26. The van der Waals surface area contributed by atoms with Crippen LogP contribution in [0, 0.1) is 0 Å². The minimum atomic E-state index is -0.0190. The van der Waals surface area contributed by atoms with Gasteiger partial charge < -0.3 is 10.1 Å². The maximum Gasteiger partial charge on any atom is 0.0599 e. The van der Waals surface area contributed by atoms with Crippen LogP contribution in [0.3, 0.4) is 0 Å². The summed E-state index contributed by atoms with van der Waals surface area (Å²) >= 11 is 0. The quantitative estimate of drug-likeness (QED) is 0.765. The fourth-order valence-electron chi connectivity index (χ4n) is 2.16. The average molecular weight is 242 g/mol. The number of nitrogens with zero attached hydrogens (tertiary/aromatic N) is 1. The van der Waals surface area contributed by atoms with Gasteiger partial charge in [-0.25, -0.2) is 0 Å². The maximum atomic E-state index is 5.71. The lowest BCUT2D eigenvalue weighted by molar-refractivity contribution is -0.00160. The van der Waals surface area contributed by atoms with E-state index in [1.165, 1.54) is 19.5 Å². The first kappa shape index (κ1) is 14.9. The largest absolute Gasteiger partial charge is 0.375 e. The van der Waals surface area contributed by atoms with Gasteiger partial charge in [0.1, 0.15) is 0 Å². The molecule has 0 aromatic rings. The van der Waals surface area contributed by atoms with Crippen LogP contribution in [0.5, 0.6) is 0 Å². The number of hydrogen-bond donors (Lipinski definition) is 1. The Morgan fingerprint density at radius 2 is 1.82 bits per heavy atom. The summed E-state index contributed by atoms with van der Waals surface area (Å²) in [5.41, 5.74) is 0.285. The Labute approximate surface area is 107 Å². The fraction of sp³-hybridized carbons (Fsp3) is 1.00. The van der Waals surface area contributed by atoms with Crippen molar-refractivity contribution >= 4 is 0 Å². The van der Waals surface area contributed by atoms with E-state index in [-0.39, 0.29) is 5.60 Å². The van der Waals surface area contributed by atoms with E-state index < -0.39 is 0 Å². The summed E-state index contributed by atoms with van der Waals surface area (Å²) in [7, 11) is 0. The first-order chi connectivity index (χ1) is 7.68.